The van der Waals surface area contributed by atoms with Gasteiger partial charge in [-0.2, -0.15) is 0 Å². The molecule has 0 aromatic heterocycles. The number of fused-ring (bicyclic) bond motifs is 1. The monoisotopic (exact) mass is 427 g/mol. The van der Waals surface area contributed by atoms with Crippen molar-refractivity contribution in [2.75, 3.05) is 13.1 Å². The summed E-state index contributed by atoms with van der Waals surface area (Å²) in [6.07, 6.45) is 3.84. The van der Waals surface area contributed by atoms with E-state index in [-0.39, 0.29) is 12.0 Å². The second-order valence-electron chi connectivity index (χ2n) is 8.65. The molecule has 2 fully saturated rings. The smallest absolute Gasteiger partial charge is 0.407 e. The number of carbonyl (C=O) groups is 2. The number of rotatable bonds is 6. The number of carbonyl (C=O) groups excluding carboxylic acids is 1. The first-order chi connectivity index (χ1) is 14.9. The van der Waals surface area contributed by atoms with Crippen molar-refractivity contribution in [1.29, 1.82) is 0 Å². The van der Waals surface area contributed by atoms with E-state index in [1.807, 2.05) is 31.2 Å². The van der Waals surface area contributed by atoms with E-state index < -0.39 is 23.7 Å². The zero-order valence-corrected chi connectivity index (χ0v) is 18.2. The first-order valence-electron chi connectivity index (χ1n) is 11.1. The molecule has 7 nitrogen and oxygen atoms in total. The topological polar surface area (TPSA) is 119 Å². The van der Waals surface area contributed by atoms with Gasteiger partial charge in [0.05, 0.1) is 0 Å². The van der Waals surface area contributed by atoms with Gasteiger partial charge in [0.1, 0.15) is 6.04 Å². The van der Waals surface area contributed by atoms with Crippen molar-refractivity contribution in [3.05, 3.63) is 35.4 Å². The van der Waals surface area contributed by atoms with Crippen LogP contribution >= 0.6 is 0 Å². The average Bonchev–Trinajstić information content (AvgIpc) is 3.18. The highest BCUT2D eigenvalue weighted by Gasteiger charge is 2.53. The molecule has 1 saturated carbocycles. The Bertz CT molecular complexity index is 862. The maximum absolute atomic E-state index is 12.9. The van der Waals surface area contributed by atoms with Crippen molar-refractivity contribution in [1.82, 2.24) is 4.90 Å². The van der Waals surface area contributed by atoms with Crippen molar-refractivity contribution >= 4 is 12.1 Å². The Kier molecular flexibility index (Phi) is 7.58. The second-order valence-corrected chi connectivity index (χ2v) is 8.65. The van der Waals surface area contributed by atoms with Crippen LogP contribution < -0.4 is 11.5 Å². The SMILES string of the molecule is Cc1cccc(C#CC2(OC(=O)C(N)CCCCN)CCCC3C2CCN3C(=O)O)c1. The van der Waals surface area contributed by atoms with Crippen molar-refractivity contribution in [3.63, 3.8) is 0 Å². The number of esters is 1. The van der Waals surface area contributed by atoms with Crippen LogP contribution in [0.5, 0.6) is 0 Å². The van der Waals surface area contributed by atoms with Crippen LogP contribution in [0.15, 0.2) is 24.3 Å². The lowest BCUT2D eigenvalue weighted by molar-refractivity contribution is -0.164. The minimum absolute atomic E-state index is 0.158. The van der Waals surface area contributed by atoms with E-state index >= 15 is 0 Å². The van der Waals surface area contributed by atoms with Gasteiger partial charge in [0.2, 0.25) is 0 Å². The molecule has 1 aromatic rings. The molecule has 168 valence electrons. The summed E-state index contributed by atoms with van der Waals surface area (Å²) >= 11 is 0. The van der Waals surface area contributed by atoms with Gasteiger partial charge < -0.3 is 26.2 Å². The van der Waals surface area contributed by atoms with E-state index in [1.165, 1.54) is 4.90 Å². The number of carboxylic acid groups (broad SMARTS) is 1. The average molecular weight is 428 g/mol. The first kappa shape index (κ1) is 23.1. The van der Waals surface area contributed by atoms with Crippen LogP contribution in [0, 0.1) is 24.7 Å². The minimum atomic E-state index is -1.03. The van der Waals surface area contributed by atoms with Crippen LogP contribution in [0.2, 0.25) is 0 Å². The van der Waals surface area contributed by atoms with Gasteiger partial charge in [0.25, 0.3) is 0 Å². The third-order valence-corrected chi connectivity index (χ3v) is 6.43. The van der Waals surface area contributed by atoms with Gasteiger partial charge in [-0.15, -0.1) is 0 Å². The maximum Gasteiger partial charge on any atom is 0.407 e. The number of benzene rings is 1. The molecule has 1 saturated heterocycles. The van der Waals surface area contributed by atoms with E-state index in [4.69, 9.17) is 16.2 Å². The zero-order valence-electron chi connectivity index (χ0n) is 18.2. The molecule has 0 spiro atoms. The summed E-state index contributed by atoms with van der Waals surface area (Å²) in [5.74, 6) is 5.85. The Morgan fingerprint density at radius 2 is 2.16 bits per heavy atom. The van der Waals surface area contributed by atoms with Gasteiger partial charge >= 0.3 is 12.1 Å². The molecule has 0 bridgehead atoms. The fourth-order valence-corrected chi connectivity index (χ4v) is 4.84. The molecule has 1 aromatic carbocycles. The summed E-state index contributed by atoms with van der Waals surface area (Å²) in [6, 6.07) is 6.92. The highest BCUT2D eigenvalue weighted by molar-refractivity contribution is 5.76. The molecule has 1 amide bonds. The van der Waals surface area contributed by atoms with Crippen LogP contribution in [0.3, 0.4) is 0 Å². The van der Waals surface area contributed by atoms with Crippen molar-refractivity contribution in [2.45, 2.75) is 69.6 Å². The molecule has 3 rings (SSSR count). The molecule has 1 aliphatic carbocycles. The number of unbranched alkanes of at least 4 members (excludes halogenated alkanes) is 1. The third kappa shape index (κ3) is 5.38. The summed E-state index contributed by atoms with van der Waals surface area (Å²) < 4.78 is 6.08. The number of ether oxygens (including phenoxy) is 1. The van der Waals surface area contributed by atoms with Gasteiger partial charge in [0, 0.05) is 24.1 Å². The van der Waals surface area contributed by atoms with E-state index in [0.29, 0.717) is 32.4 Å². The van der Waals surface area contributed by atoms with Gasteiger partial charge in [-0.25, -0.2) is 4.79 Å². The Balaban J connectivity index is 1.89. The van der Waals surface area contributed by atoms with E-state index in [2.05, 4.69) is 11.8 Å². The molecule has 31 heavy (non-hydrogen) atoms. The number of likely N-dealkylation sites (tertiary alicyclic amines) is 1. The van der Waals surface area contributed by atoms with Crippen molar-refractivity contribution in [2.24, 2.45) is 17.4 Å². The van der Waals surface area contributed by atoms with Crippen LogP contribution in [-0.4, -0.2) is 52.8 Å². The fraction of sp³-hybridized carbons (Fsp3) is 0.583. The molecular weight excluding hydrogens is 394 g/mol. The Labute approximate surface area is 184 Å². The summed E-state index contributed by atoms with van der Waals surface area (Å²) in [7, 11) is 0. The number of nitrogens with two attached hydrogens (primary N) is 2. The second kappa shape index (κ2) is 10.2. The third-order valence-electron chi connectivity index (χ3n) is 6.43. The fourth-order valence-electron chi connectivity index (χ4n) is 4.84. The van der Waals surface area contributed by atoms with Gasteiger partial charge in [0.15, 0.2) is 5.60 Å². The van der Waals surface area contributed by atoms with Gasteiger partial charge in [-0.05, 0) is 75.6 Å². The molecule has 1 aliphatic heterocycles. The Morgan fingerprint density at radius 3 is 2.87 bits per heavy atom. The predicted octanol–water partition coefficient (Wildman–Crippen LogP) is 2.64. The minimum Gasteiger partial charge on any atom is -0.465 e. The maximum atomic E-state index is 12.9. The molecule has 1 heterocycles. The van der Waals surface area contributed by atoms with Crippen molar-refractivity contribution < 1.29 is 19.4 Å². The zero-order chi connectivity index (χ0) is 22.4. The van der Waals surface area contributed by atoms with Crippen molar-refractivity contribution in [3.8, 4) is 11.8 Å². The quantitative estimate of drug-likeness (QED) is 0.365. The van der Waals surface area contributed by atoms with Crippen LogP contribution in [0.1, 0.15) is 56.1 Å². The predicted molar refractivity (Wildman–Crippen MR) is 118 cm³/mol. The highest BCUT2D eigenvalue weighted by Crippen LogP contribution is 2.45. The number of amides is 1. The number of aryl methyl sites for hydroxylation is 1. The Hall–Kier alpha value is -2.56. The highest BCUT2D eigenvalue weighted by atomic mass is 16.6. The summed E-state index contributed by atoms with van der Waals surface area (Å²) in [4.78, 5) is 26.1. The molecule has 5 N–H and O–H groups in total. The molecule has 4 unspecified atom stereocenters. The van der Waals surface area contributed by atoms with Crippen LogP contribution in [0.25, 0.3) is 0 Å². The summed E-state index contributed by atoms with van der Waals surface area (Å²) in [5.41, 5.74) is 12.6. The molecule has 2 aliphatic rings. The van der Waals surface area contributed by atoms with E-state index in [1.54, 1.807) is 0 Å². The summed E-state index contributed by atoms with van der Waals surface area (Å²) in [5, 5.41) is 9.60. The molecular formula is C24H33N3O4. The normalized spacial score (nSPS) is 25.8. The largest absolute Gasteiger partial charge is 0.465 e. The number of hydrogen-bond donors (Lipinski definition) is 3. The van der Waals surface area contributed by atoms with E-state index in [9.17, 15) is 14.7 Å². The molecule has 0 radical (unpaired) electrons. The van der Waals surface area contributed by atoms with E-state index in [0.717, 1.165) is 36.8 Å². The summed E-state index contributed by atoms with van der Waals surface area (Å²) in [6.45, 7) is 2.99. The van der Waals surface area contributed by atoms with Crippen LogP contribution in [0.4, 0.5) is 4.79 Å². The van der Waals surface area contributed by atoms with Gasteiger partial charge in [-0.3, -0.25) is 4.79 Å². The lowest BCUT2D eigenvalue weighted by Crippen LogP contribution is -2.53. The molecule has 7 heteroatoms. The Morgan fingerprint density at radius 1 is 1.35 bits per heavy atom. The number of hydrogen-bond acceptors (Lipinski definition) is 5. The lowest BCUT2D eigenvalue weighted by atomic mass is 9.72. The first-order valence-corrected chi connectivity index (χ1v) is 11.1. The number of nitrogens with zero attached hydrogens (tertiary/aromatic N) is 1. The van der Waals surface area contributed by atoms with Crippen LogP contribution in [-0.2, 0) is 9.53 Å². The lowest BCUT2D eigenvalue weighted by Gasteiger charge is -2.42. The van der Waals surface area contributed by atoms with Gasteiger partial charge in [-0.1, -0.05) is 24.5 Å². The molecule has 4 atom stereocenters. The standard InChI is InChI=1S/C24H33N3O4/c1-17-6-4-7-18(16-17)10-13-24(31-22(28)20(26)8-2-3-14-25)12-5-9-21-19(24)11-15-27(21)23(29)30/h4,6-7,16,19-21H,2-3,5,8-9,11-12,14-15,25-26H2,1H3,(H,29,30).